The van der Waals surface area contributed by atoms with Crippen LogP contribution in [-0.4, -0.2) is 34.1 Å². The summed E-state index contributed by atoms with van der Waals surface area (Å²) in [5.74, 6) is 0.768. The molecule has 5 nitrogen and oxygen atoms in total. The van der Waals surface area contributed by atoms with Crippen molar-refractivity contribution in [2.75, 3.05) is 18.0 Å². The Hall–Kier alpha value is -1.36. The van der Waals surface area contributed by atoms with Crippen LogP contribution in [0.2, 0.25) is 0 Å². The summed E-state index contributed by atoms with van der Waals surface area (Å²) in [4.78, 5) is 14.2. The van der Waals surface area contributed by atoms with Crippen molar-refractivity contribution in [3.8, 4) is 0 Å². The molecule has 0 spiro atoms. The van der Waals surface area contributed by atoms with Gasteiger partial charge in [-0.3, -0.25) is 4.79 Å². The van der Waals surface area contributed by atoms with E-state index >= 15 is 0 Å². The molecular formula is C14H23N3O2. The molecule has 2 heterocycles. The summed E-state index contributed by atoms with van der Waals surface area (Å²) in [6.45, 7) is 6.40. The minimum atomic E-state index is -0.508. The van der Waals surface area contributed by atoms with Crippen molar-refractivity contribution >= 4 is 5.69 Å². The van der Waals surface area contributed by atoms with E-state index in [1.807, 2.05) is 6.92 Å². The predicted molar refractivity (Wildman–Crippen MR) is 75.4 cm³/mol. The van der Waals surface area contributed by atoms with Gasteiger partial charge in [-0.1, -0.05) is 13.8 Å². The second-order valence-electron chi connectivity index (χ2n) is 5.47. The van der Waals surface area contributed by atoms with Gasteiger partial charge in [0.25, 0.3) is 5.56 Å². The number of hydrogen-bond acceptors (Lipinski definition) is 4. The van der Waals surface area contributed by atoms with Crippen LogP contribution in [-0.2, 0) is 6.54 Å². The molecule has 1 unspecified atom stereocenters. The molecule has 0 bridgehead atoms. The van der Waals surface area contributed by atoms with Gasteiger partial charge in [-0.2, -0.15) is 5.10 Å². The van der Waals surface area contributed by atoms with E-state index in [1.165, 1.54) is 4.68 Å². The standard InChI is InChI=1S/C14H23N3O2/c1-3-13(18)10-17-14(19)8-12(9-15-17)16-6-4-11(2)5-7-16/h8-9,11,13,18H,3-7,10H2,1-2H3. The minimum absolute atomic E-state index is 0.136. The van der Waals surface area contributed by atoms with Crippen LogP contribution in [0.4, 0.5) is 5.69 Å². The Balaban J connectivity index is 2.08. The number of anilines is 1. The maximum atomic E-state index is 12.0. The van der Waals surface area contributed by atoms with Crippen LogP contribution in [0.1, 0.15) is 33.1 Å². The Bertz CT molecular complexity index is 464. The molecule has 5 heteroatoms. The van der Waals surface area contributed by atoms with Crippen LogP contribution in [0.25, 0.3) is 0 Å². The monoisotopic (exact) mass is 265 g/mol. The van der Waals surface area contributed by atoms with Gasteiger partial charge >= 0.3 is 0 Å². The predicted octanol–water partition coefficient (Wildman–Crippen LogP) is 1.25. The molecule has 1 aromatic rings. The van der Waals surface area contributed by atoms with E-state index in [-0.39, 0.29) is 12.1 Å². The first-order chi connectivity index (χ1) is 9.10. The Labute approximate surface area is 113 Å². The third-order valence-electron chi connectivity index (χ3n) is 3.86. The first-order valence-electron chi connectivity index (χ1n) is 7.10. The van der Waals surface area contributed by atoms with Gasteiger partial charge in [-0.25, -0.2) is 4.68 Å². The van der Waals surface area contributed by atoms with E-state index in [1.54, 1.807) is 12.3 Å². The lowest BCUT2D eigenvalue weighted by molar-refractivity contribution is 0.143. The average molecular weight is 265 g/mol. The van der Waals surface area contributed by atoms with Crippen molar-refractivity contribution in [2.45, 2.75) is 45.8 Å². The van der Waals surface area contributed by atoms with E-state index in [9.17, 15) is 9.90 Å². The van der Waals surface area contributed by atoms with Crippen LogP contribution >= 0.6 is 0 Å². The Morgan fingerprint density at radius 1 is 1.47 bits per heavy atom. The zero-order valence-corrected chi connectivity index (χ0v) is 11.7. The topological polar surface area (TPSA) is 58.4 Å². The van der Waals surface area contributed by atoms with E-state index in [2.05, 4.69) is 16.9 Å². The fraction of sp³-hybridized carbons (Fsp3) is 0.714. The fourth-order valence-electron chi connectivity index (χ4n) is 2.33. The van der Waals surface area contributed by atoms with Crippen LogP contribution in [0, 0.1) is 5.92 Å². The number of aromatic nitrogens is 2. The molecule has 0 saturated carbocycles. The molecule has 1 aromatic heterocycles. The van der Waals surface area contributed by atoms with Gasteiger partial charge in [0.15, 0.2) is 0 Å². The summed E-state index contributed by atoms with van der Waals surface area (Å²) < 4.78 is 1.34. The molecule has 2 rings (SSSR count). The maximum Gasteiger partial charge on any atom is 0.268 e. The third kappa shape index (κ3) is 3.56. The lowest BCUT2D eigenvalue weighted by Gasteiger charge is -2.31. The number of hydrogen-bond donors (Lipinski definition) is 1. The minimum Gasteiger partial charge on any atom is -0.391 e. The molecule has 0 aliphatic carbocycles. The first kappa shape index (κ1) is 14.1. The molecule has 1 N–H and O–H groups in total. The Morgan fingerprint density at radius 2 is 2.16 bits per heavy atom. The lowest BCUT2D eigenvalue weighted by Crippen LogP contribution is -2.35. The zero-order valence-electron chi connectivity index (χ0n) is 11.7. The van der Waals surface area contributed by atoms with Crippen LogP contribution in [0.5, 0.6) is 0 Å². The van der Waals surface area contributed by atoms with Crippen molar-refractivity contribution < 1.29 is 5.11 Å². The summed E-state index contributed by atoms with van der Waals surface area (Å²) >= 11 is 0. The van der Waals surface area contributed by atoms with Gasteiger partial charge in [0.1, 0.15) is 0 Å². The molecule has 1 atom stereocenters. The average Bonchev–Trinajstić information content (AvgIpc) is 2.41. The fourth-order valence-corrected chi connectivity index (χ4v) is 2.33. The van der Waals surface area contributed by atoms with Gasteiger partial charge in [-0.05, 0) is 25.2 Å². The largest absolute Gasteiger partial charge is 0.391 e. The molecule has 0 amide bonds. The van der Waals surface area contributed by atoms with Crippen LogP contribution in [0.15, 0.2) is 17.1 Å². The summed E-state index contributed by atoms with van der Waals surface area (Å²) in [6, 6.07) is 1.63. The smallest absolute Gasteiger partial charge is 0.268 e. The van der Waals surface area contributed by atoms with Gasteiger partial charge in [0.2, 0.25) is 0 Å². The highest BCUT2D eigenvalue weighted by atomic mass is 16.3. The van der Waals surface area contributed by atoms with Gasteiger partial charge in [0.05, 0.1) is 24.5 Å². The molecule has 1 aliphatic rings. The van der Waals surface area contributed by atoms with E-state index in [4.69, 9.17) is 0 Å². The number of piperidine rings is 1. The highest BCUT2D eigenvalue weighted by molar-refractivity contribution is 5.43. The van der Waals surface area contributed by atoms with Gasteiger partial charge in [-0.15, -0.1) is 0 Å². The van der Waals surface area contributed by atoms with E-state index in [0.717, 1.165) is 37.5 Å². The summed E-state index contributed by atoms with van der Waals surface area (Å²) in [7, 11) is 0. The molecule has 1 aliphatic heterocycles. The number of aliphatic hydroxyl groups excluding tert-OH is 1. The lowest BCUT2D eigenvalue weighted by atomic mass is 9.99. The summed E-state index contributed by atoms with van der Waals surface area (Å²) in [5.41, 5.74) is 0.766. The second-order valence-corrected chi connectivity index (χ2v) is 5.47. The van der Waals surface area contributed by atoms with Gasteiger partial charge in [0, 0.05) is 19.2 Å². The number of rotatable bonds is 4. The SMILES string of the molecule is CCC(O)Cn1ncc(N2CCC(C)CC2)cc1=O. The first-order valence-corrected chi connectivity index (χ1v) is 7.10. The van der Waals surface area contributed by atoms with E-state index in [0.29, 0.717) is 6.42 Å². The maximum absolute atomic E-state index is 12.0. The van der Waals surface area contributed by atoms with Crippen molar-refractivity contribution in [1.29, 1.82) is 0 Å². The quantitative estimate of drug-likeness (QED) is 0.890. The molecule has 106 valence electrons. The molecule has 1 saturated heterocycles. The Morgan fingerprint density at radius 3 is 2.74 bits per heavy atom. The second kappa shape index (κ2) is 6.19. The number of aliphatic hydroxyl groups is 1. The summed E-state index contributed by atoms with van der Waals surface area (Å²) in [5, 5.41) is 13.7. The van der Waals surface area contributed by atoms with Crippen LogP contribution in [0.3, 0.4) is 0 Å². The highest BCUT2D eigenvalue weighted by Gasteiger charge is 2.17. The highest BCUT2D eigenvalue weighted by Crippen LogP contribution is 2.20. The van der Waals surface area contributed by atoms with Crippen molar-refractivity contribution in [3.63, 3.8) is 0 Å². The van der Waals surface area contributed by atoms with Crippen molar-refractivity contribution in [1.82, 2.24) is 9.78 Å². The normalized spacial score (nSPS) is 18.6. The zero-order chi connectivity index (χ0) is 13.8. The van der Waals surface area contributed by atoms with Crippen molar-refractivity contribution in [2.24, 2.45) is 5.92 Å². The van der Waals surface area contributed by atoms with Gasteiger partial charge < -0.3 is 10.0 Å². The third-order valence-corrected chi connectivity index (χ3v) is 3.86. The molecule has 19 heavy (non-hydrogen) atoms. The molecule has 1 fully saturated rings. The molecule has 0 aromatic carbocycles. The summed E-state index contributed by atoms with van der Waals surface area (Å²) in [6.07, 6.45) is 4.18. The number of nitrogens with zero attached hydrogens (tertiary/aromatic N) is 3. The van der Waals surface area contributed by atoms with Crippen molar-refractivity contribution in [3.05, 3.63) is 22.6 Å². The Kier molecular flexibility index (Phi) is 4.58. The van der Waals surface area contributed by atoms with Crippen LogP contribution < -0.4 is 10.5 Å². The molecular weight excluding hydrogens is 242 g/mol. The molecule has 0 radical (unpaired) electrons. The van der Waals surface area contributed by atoms with E-state index < -0.39 is 6.10 Å².